The summed E-state index contributed by atoms with van der Waals surface area (Å²) in [6.07, 6.45) is 0. The van der Waals surface area contributed by atoms with E-state index < -0.39 is 5.24 Å². The monoisotopic (exact) mass is 239 g/mol. The molecule has 0 rings (SSSR count). The van der Waals surface area contributed by atoms with Crippen molar-refractivity contribution in [2.45, 2.75) is 0 Å². The molecule has 0 saturated heterocycles. The van der Waals surface area contributed by atoms with E-state index in [9.17, 15) is 0 Å². The Balaban J connectivity index is 0. The predicted octanol–water partition coefficient (Wildman–Crippen LogP) is 0.0638. The van der Waals surface area contributed by atoms with Crippen LogP contribution < -0.4 is 11.1 Å². The number of nitrogens with one attached hydrogen (secondary N) is 1. The third-order valence-electron chi connectivity index (χ3n) is 0.976. The minimum Gasteiger partial charge on any atom is -0.470 e. The topological polar surface area (TPSA) is 67.6 Å². The quantitative estimate of drug-likeness (QED) is 0.480. The van der Waals surface area contributed by atoms with E-state index in [2.05, 4.69) is 23.7 Å². The predicted molar refractivity (Wildman–Crippen MR) is 64.7 cm³/mol. The minimum absolute atomic E-state index is 0.460. The van der Waals surface area contributed by atoms with Gasteiger partial charge in [-0.1, -0.05) is 12.6 Å². The Hall–Kier alpha value is -0.530. The minimum atomic E-state index is -0.639. The first-order chi connectivity index (χ1) is 6.40. The molecule has 0 aromatic rings. The highest BCUT2D eigenvalue weighted by molar-refractivity contribution is 7.96. The Morgan fingerprint density at radius 3 is 2.36 bits per heavy atom. The van der Waals surface area contributed by atoms with E-state index in [-0.39, 0.29) is 0 Å². The standard InChI is InChI=1S/C6H14N2OS.CH3NOS/c1-7-6(10)9-5-4-8(2)3;2-1(3)4/h4-5H2,1-3H3,(H,7,10);(H3,2,3,4). The first-order valence-corrected chi connectivity index (χ1v) is 4.73. The van der Waals surface area contributed by atoms with E-state index in [4.69, 9.17) is 21.7 Å². The van der Waals surface area contributed by atoms with E-state index in [1.54, 1.807) is 7.05 Å². The highest BCUT2D eigenvalue weighted by atomic mass is 32.1. The molecule has 1 amide bonds. The number of thiol groups is 1. The average Bonchev–Trinajstić information content (AvgIpc) is 2.02. The molecule has 0 aliphatic heterocycles. The van der Waals surface area contributed by atoms with Crippen molar-refractivity contribution < 1.29 is 9.53 Å². The lowest BCUT2D eigenvalue weighted by molar-refractivity contribution is 0.249. The maximum atomic E-state index is 9.09. The molecular formula is C7H17N3O2S2. The van der Waals surface area contributed by atoms with E-state index >= 15 is 0 Å². The lowest BCUT2D eigenvalue weighted by Crippen LogP contribution is -2.24. The largest absolute Gasteiger partial charge is 0.470 e. The molecule has 0 aromatic carbocycles. The summed E-state index contributed by atoms with van der Waals surface area (Å²) < 4.78 is 5.08. The summed E-state index contributed by atoms with van der Waals surface area (Å²) in [5.74, 6) is 0. The van der Waals surface area contributed by atoms with E-state index in [0.29, 0.717) is 11.8 Å². The number of likely N-dealkylation sites (N-methyl/N-ethyl adjacent to an activating group) is 1. The van der Waals surface area contributed by atoms with Crippen LogP contribution in [0.5, 0.6) is 0 Å². The number of rotatable bonds is 3. The molecular weight excluding hydrogens is 222 g/mol. The fourth-order valence-corrected chi connectivity index (χ4v) is 0.476. The van der Waals surface area contributed by atoms with Gasteiger partial charge in [0.25, 0.3) is 10.4 Å². The number of ether oxygens (including phenoxy) is 1. The first kappa shape index (κ1) is 15.9. The Morgan fingerprint density at radius 1 is 1.64 bits per heavy atom. The molecule has 0 spiro atoms. The van der Waals surface area contributed by atoms with Crippen LogP contribution in [0.3, 0.4) is 0 Å². The molecule has 0 aliphatic carbocycles. The van der Waals surface area contributed by atoms with Crippen molar-refractivity contribution in [1.82, 2.24) is 10.2 Å². The van der Waals surface area contributed by atoms with Crippen LogP contribution in [0.4, 0.5) is 4.79 Å². The zero-order valence-corrected chi connectivity index (χ0v) is 10.3. The SMILES string of the molecule is CNC(=S)OCCN(C)C.NC(=O)S. The second-order valence-corrected chi connectivity index (χ2v) is 3.34. The van der Waals surface area contributed by atoms with Crippen molar-refractivity contribution in [3.8, 4) is 0 Å². The Labute approximate surface area is 95.4 Å². The number of nitrogens with two attached hydrogens (primary N) is 1. The summed E-state index contributed by atoms with van der Waals surface area (Å²) in [6, 6.07) is 0. The number of hydrogen-bond acceptors (Lipinski definition) is 4. The second kappa shape index (κ2) is 10.6. The summed E-state index contributed by atoms with van der Waals surface area (Å²) in [6.45, 7) is 1.54. The van der Waals surface area contributed by atoms with Gasteiger partial charge in [0.05, 0.1) is 0 Å². The number of carbonyl (C=O) groups excluding carboxylic acids is 1. The number of carbonyl (C=O) groups is 1. The molecule has 5 nitrogen and oxygen atoms in total. The third kappa shape index (κ3) is 22.5. The normalized spacial score (nSPS) is 8.64. The second-order valence-electron chi connectivity index (χ2n) is 2.53. The highest BCUT2D eigenvalue weighted by Gasteiger charge is 1.92. The van der Waals surface area contributed by atoms with Gasteiger partial charge in [-0.3, -0.25) is 4.79 Å². The molecule has 0 unspecified atom stereocenters. The zero-order valence-electron chi connectivity index (χ0n) is 8.61. The van der Waals surface area contributed by atoms with Crippen LogP contribution in [0.25, 0.3) is 0 Å². The molecule has 84 valence electrons. The van der Waals surface area contributed by atoms with Gasteiger partial charge in [0.2, 0.25) is 0 Å². The number of hydrogen-bond donors (Lipinski definition) is 3. The van der Waals surface area contributed by atoms with Crippen molar-refractivity contribution in [2.75, 3.05) is 34.3 Å². The van der Waals surface area contributed by atoms with Gasteiger partial charge < -0.3 is 20.7 Å². The molecule has 0 radical (unpaired) electrons. The van der Waals surface area contributed by atoms with Gasteiger partial charge >= 0.3 is 0 Å². The van der Waals surface area contributed by atoms with Gasteiger partial charge in [-0.2, -0.15) is 0 Å². The molecule has 0 heterocycles. The number of thiocarbonyl (C=S) groups is 1. The number of nitrogens with zero attached hydrogens (tertiary/aromatic N) is 1. The van der Waals surface area contributed by atoms with Crippen LogP contribution in [0.2, 0.25) is 0 Å². The summed E-state index contributed by atoms with van der Waals surface area (Å²) in [5.41, 5.74) is 4.34. The Morgan fingerprint density at radius 2 is 2.07 bits per heavy atom. The third-order valence-corrected chi connectivity index (χ3v) is 1.30. The van der Waals surface area contributed by atoms with Crippen molar-refractivity contribution in [2.24, 2.45) is 5.73 Å². The molecule has 0 bridgehead atoms. The van der Waals surface area contributed by atoms with Gasteiger partial charge in [-0.25, -0.2) is 0 Å². The molecule has 0 aromatic heterocycles. The van der Waals surface area contributed by atoms with Crippen molar-refractivity contribution >= 4 is 35.3 Å². The van der Waals surface area contributed by atoms with E-state index in [0.717, 1.165) is 6.54 Å². The molecule has 0 saturated carbocycles. The Bertz CT molecular complexity index is 172. The maximum absolute atomic E-state index is 9.09. The number of amides is 1. The van der Waals surface area contributed by atoms with E-state index in [1.165, 1.54) is 0 Å². The van der Waals surface area contributed by atoms with Crippen LogP contribution in [-0.4, -0.2) is 49.6 Å². The van der Waals surface area contributed by atoms with Gasteiger partial charge in [-0.15, -0.1) is 0 Å². The fraction of sp³-hybridized carbons (Fsp3) is 0.714. The van der Waals surface area contributed by atoms with Crippen LogP contribution in [0.1, 0.15) is 0 Å². The number of primary amides is 1. The lowest BCUT2D eigenvalue weighted by Gasteiger charge is -2.10. The summed E-state index contributed by atoms with van der Waals surface area (Å²) in [5, 5.41) is 2.55. The maximum Gasteiger partial charge on any atom is 0.273 e. The van der Waals surface area contributed by atoms with E-state index in [1.807, 2.05) is 19.0 Å². The molecule has 3 N–H and O–H groups in total. The van der Waals surface area contributed by atoms with Crippen LogP contribution in [0, 0.1) is 0 Å². The smallest absolute Gasteiger partial charge is 0.273 e. The summed E-state index contributed by atoms with van der Waals surface area (Å²) in [4.78, 5) is 11.1. The van der Waals surface area contributed by atoms with Crippen molar-refractivity contribution in [3.05, 3.63) is 0 Å². The van der Waals surface area contributed by atoms with Gasteiger partial charge in [0.1, 0.15) is 6.61 Å². The molecule has 0 fully saturated rings. The summed E-state index contributed by atoms with van der Waals surface area (Å²) >= 11 is 7.86. The molecule has 7 heteroatoms. The average molecular weight is 239 g/mol. The van der Waals surface area contributed by atoms with Crippen molar-refractivity contribution in [3.63, 3.8) is 0 Å². The van der Waals surface area contributed by atoms with Gasteiger partial charge in [0, 0.05) is 13.6 Å². The molecule has 0 aliphatic rings. The fourth-order valence-electron chi connectivity index (χ4n) is 0.393. The molecule has 0 atom stereocenters. The zero-order chi connectivity index (χ0) is 11.6. The van der Waals surface area contributed by atoms with Gasteiger partial charge in [0.15, 0.2) is 0 Å². The lowest BCUT2D eigenvalue weighted by atomic mass is 10.6. The van der Waals surface area contributed by atoms with Crippen LogP contribution >= 0.6 is 24.8 Å². The van der Waals surface area contributed by atoms with Crippen molar-refractivity contribution in [1.29, 1.82) is 0 Å². The highest BCUT2D eigenvalue weighted by Crippen LogP contribution is 1.79. The Kier molecular flexibility index (Phi) is 12.0. The van der Waals surface area contributed by atoms with Crippen LogP contribution in [0.15, 0.2) is 0 Å². The van der Waals surface area contributed by atoms with Crippen LogP contribution in [-0.2, 0) is 4.74 Å². The summed E-state index contributed by atoms with van der Waals surface area (Å²) in [7, 11) is 5.73. The first-order valence-electron chi connectivity index (χ1n) is 3.87. The molecule has 14 heavy (non-hydrogen) atoms. The van der Waals surface area contributed by atoms with Gasteiger partial charge in [-0.05, 0) is 26.3 Å².